The van der Waals surface area contributed by atoms with Gasteiger partial charge in [0, 0.05) is 45.5 Å². The van der Waals surface area contributed by atoms with Crippen LogP contribution in [0.4, 0.5) is 98.2 Å². The summed E-state index contributed by atoms with van der Waals surface area (Å²) < 4.78 is 153. The molecule has 0 radical (unpaired) electrons. The second-order valence-corrected chi connectivity index (χ2v) is 15.1. The molecule has 0 aliphatic carbocycles. The number of nitrogens with one attached hydrogen (secondary N) is 4. The maximum Gasteiger partial charge on any atom is 0.416 e. The highest BCUT2D eigenvalue weighted by molar-refractivity contribution is 5.73. The minimum absolute atomic E-state index is 0.326. The maximum atomic E-state index is 12.9. The Morgan fingerprint density at radius 2 is 0.412 bits per heavy atom. The van der Waals surface area contributed by atoms with E-state index in [1.54, 1.807) is 36.4 Å². The Hall–Kier alpha value is -7.88. The highest BCUT2D eigenvalue weighted by atomic mass is 19.4. The summed E-state index contributed by atoms with van der Waals surface area (Å²) in [7, 11) is 0. The molecule has 4 nitrogen and oxygen atoms in total. The molecular formula is C52H36F12N4. The lowest BCUT2D eigenvalue weighted by Crippen LogP contribution is -2.05. The van der Waals surface area contributed by atoms with Crippen LogP contribution in [0.2, 0.25) is 0 Å². The van der Waals surface area contributed by atoms with Crippen molar-refractivity contribution < 1.29 is 52.7 Å². The molecule has 0 atom stereocenters. The average molecular weight is 945 g/mol. The van der Waals surface area contributed by atoms with Gasteiger partial charge in [0.05, 0.1) is 22.3 Å². The first-order valence-electron chi connectivity index (χ1n) is 20.3. The van der Waals surface area contributed by atoms with E-state index in [2.05, 4.69) is 21.3 Å². The molecule has 0 aliphatic heterocycles. The van der Waals surface area contributed by atoms with Crippen molar-refractivity contribution in [1.29, 1.82) is 0 Å². The zero-order valence-electron chi connectivity index (χ0n) is 35.0. The summed E-state index contributed by atoms with van der Waals surface area (Å²) in [4.78, 5) is 0. The molecule has 0 amide bonds. The fourth-order valence-electron chi connectivity index (χ4n) is 6.68. The van der Waals surface area contributed by atoms with E-state index in [4.69, 9.17) is 0 Å². The lowest BCUT2D eigenvalue weighted by Gasteiger charge is -2.12. The summed E-state index contributed by atoms with van der Waals surface area (Å²) in [5, 5.41) is 12.0. The van der Waals surface area contributed by atoms with E-state index < -0.39 is 47.0 Å². The molecule has 0 bridgehead atoms. The number of rotatable bonds is 10. The number of anilines is 8. The molecule has 8 rings (SSSR count). The van der Waals surface area contributed by atoms with Gasteiger partial charge in [-0.25, -0.2) is 0 Å². The van der Waals surface area contributed by atoms with Crippen molar-refractivity contribution in [2.24, 2.45) is 0 Å². The van der Waals surface area contributed by atoms with Gasteiger partial charge in [0.2, 0.25) is 0 Å². The lowest BCUT2D eigenvalue weighted by molar-refractivity contribution is -0.138. The molecule has 8 aromatic carbocycles. The predicted octanol–water partition coefficient (Wildman–Crippen LogP) is 17.8. The van der Waals surface area contributed by atoms with E-state index in [0.717, 1.165) is 82.2 Å². The second kappa shape index (κ2) is 19.9. The van der Waals surface area contributed by atoms with Crippen LogP contribution in [-0.4, -0.2) is 0 Å². The van der Waals surface area contributed by atoms with Crippen LogP contribution in [0.3, 0.4) is 0 Å². The maximum absolute atomic E-state index is 12.9. The third kappa shape index (κ3) is 13.1. The van der Waals surface area contributed by atoms with Gasteiger partial charge in [-0.1, -0.05) is 60.7 Å². The Morgan fingerprint density at radius 3 is 0.632 bits per heavy atom. The summed E-state index contributed by atoms with van der Waals surface area (Å²) >= 11 is 0. The summed E-state index contributed by atoms with van der Waals surface area (Å²) in [6.07, 6.45) is -17.6. The predicted molar refractivity (Wildman–Crippen MR) is 243 cm³/mol. The normalized spacial score (nSPS) is 11.8. The summed E-state index contributed by atoms with van der Waals surface area (Å²) in [5.74, 6) is 0. The first-order chi connectivity index (χ1) is 32.2. The first-order valence-corrected chi connectivity index (χ1v) is 20.3. The third-order valence-electron chi connectivity index (χ3n) is 10.2. The zero-order chi connectivity index (χ0) is 48.7. The monoisotopic (exact) mass is 944 g/mol. The van der Waals surface area contributed by atoms with Crippen LogP contribution < -0.4 is 21.3 Å². The molecule has 0 aliphatic rings. The molecule has 0 spiro atoms. The molecule has 16 heteroatoms. The standard InChI is InChI=1S/2C26H18F6N2/c27-25(28,29)19-5-13-23(14-6-19)33-21-9-1-17(2-10-21)18-3-11-22(12-4-18)34-24-15-7-20(8-16-24)26(30,31)32;27-25(28,29)19-3-1-5-23(15-19)33-21-11-7-17(8-12-21)18-9-13-22(14-10-18)34-24-6-2-4-20(16-24)26(30,31)32/h2*1-16,33-34H. The molecule has 0 unspecified atom stereocenters. The summed E-state index contributed by atoms with van der Waals surface area (Å²) in [6, 6.07) is 48.6. The first kappa shape index (κ1) is 48.1. The molecule has 68 heavy (non-hydrogen) atoms. The molecule has 348 valence electrons. The molecule has 0 saturated heterocycles. The van der Waals surface area contributed by atoms with Crippen molar-refractivity contribution in [3.05, 3.63) is 216 Å². The van der Waals surface area contributed by atoms with Gasteiger partial charge < -0.3 is 21.3 Å². The SMILES string of the molecule is FC(F)(F)c1ccc(Nc2ccc(-c3ccc(Nc4ccc(C(F)(F)F)cc4)cc3)cc2)cc1.FC(F)(F)c1cccc(Nc2ccc(-c3ccc(Nc4cccc(C(F)(F)F)c4)cc3)cc2)c1. The average Bonchev–Trinajstić information content (AvgIpc) is 3.30. The van der Waals surface area contributed by atoms with Gasteiger partial charge in [-0.3, -0.25) is 0 Å². The minimum atomic E-state index is -4.41. The van der Waals surface area contributed by atoms with Gasteiger partial charge >= 0.3 is 24.7 Å². The van der Waals surface area contributed by atoms with Crippen LogP contribution >= 0.6 is 0 Å². The number of halogens is 12. The Morgan fingerprint density at radius 1 is 0.206 bits per heavy atom. The molecule has 8 aromatic rings. The third-order valence-corrected chi connectivity index (χ3v) is 10.2. The van der Waals surface area contributed by atoms with Crippen molar-refractivity contribution in [2.45, 2.75) is 24.7 Å². The van der Waals surface area contributed by atoms with E-state index in [1.807, 2.05) is 72.8 Å². The van der Waals surface area contributed by atoms with Crippen molar-refractivity contribution in [2.75, 3.05) is 21.3 Å². The van der Waals surface area contributed by atoms with Gasteiger partial charge in [0.15, 0.2) is 0 Å². The van der Waals surface area contributed by atoms with Crippen molar-refractivity contribution in [3.8, 4) is 22.3 Å². The van der Waals surface area contributed by atoms with Gasteiger partial charge in [0.25, 0.3) is 0 Å². The van der Waals surface area contributed by atoms with Gasteiger partial charge in [-0.2, -0.15) is 52.7 Å². The Balaban J connectivity index is 0.000000201. The van der Waals surface area contributed by atoms with E-state index in [9.17, 15) is 52.7 Å². The van der Waals surface area contributed by atoms with Crippen molar-refractivity contribution in [3.63, 3.8) is 0 Å². The highest BCUT2D eigenvalue weighted by Gasteiger charge is 2.32. The Labute approximate surface area is 381 Å². The van der Waals surface area contributed by atoms with Crippen LogP contribution in [0, 0.1) is 0 Å². The number of hydrogen-bond acceptors (Lipinski definition) is 4. The highest BCUT2D eigenvalue weighted by Crippen LogP contribution is 2.36. The molecule has 0 aromatic heterocycles. The summed E-state index contributed by atoms with van der Waals surface area (Å²) in [6.45, 7) is 0. The van der Waals surface area contributed by atoms with Crippen LogP contribution in [0.15, 0.2) is 194 Å². The number of benzene rings is 8. The molecule has 0 heterocycles. The van der Waals surface area contributed by atoms with Gasteiger partial charge in [-0.15, -0.1) is 0 Å². The Kier molecular flexibility index (Phi) is 14.1. The topological polar surface area (TPSA) is 48.1 Å². The second-order valence-electron chi connectivity index (χ2n) is 15.1. The largest absolute Gasteiger partial charge is 0.416 e. The fourth-order valence-corrected chi connectivity index (χ4v) is 6.68. The summed E-state index contributed by atoms with van der Waals surface area (Å²) in [5.41, 5.74) is 5.19. The lowest BCUT2D eigenvalue weighted by atomic mass is 10.0. The van der Waals surface area contributed by atoms with E-state index in [0.29, 0.717) is 34.1 Å². The fraction of sp³-hybridized carbons (Fsp3) is 0.0769. The molecule has 0 fully saturated rings. The smallest absolute Gasteiger partial charge is 0.356 e. The number of alkyl halides is 12. The van der Waals surface area contributed by atoms with Crippen LogP contribution in [0.1, 0.15) is 22.3 Å². The van der Waals surface area contributed by atoms with Crippen LogP contribution in [-0.2, 0) is 24.7 Å². The Bertz CT molecular complexity index is 2690. The van der Waals surface area contributed by atoms with Crippen LogP contribution in [0.25, 0.3) is 22.3 Å². The number of hydrogen-bond donors (Lipinski definition) is 4. The van der Waals surface area contributed by atoms with Crippen molar-refractivity contribution in [1.82, 2.24) is 0 Å². The minimum Gasteiger partial charge on any atom is -0.356 e. The molecule has 4 N–H and O–H groups in total. The zero-order valence-corrected chi connectivity index (χ0v) is 35.0. The molecular weight excluding hydrogens is 909 g/mol. The van der Waals surface area contributed by atoms with Gasteiger partial charge in [0.1, 0.15) is 0 Å². The van der Waals surface area contributed by atoms with Crippen LogP contribution in [0.5, 0.6) is 0 Å². The van der Waals surface area contributed by atoms with E-state index >= 15 is 0 Å². The van der Waals surface area contributed by atoms with E-state index in [1.165, 1.54) is 36.4 Å². The van der Waals surface area contributed by atoms with Crippen molar-refractivity contribution >= 4 is 45.5 Å². The van der Waals surface area contributed by atoms with Gasteiger partial charge in [-0.05, 0) is 156 Å². The quantitative estimate of drug-likeness (QED) is 0.103. The van der Waals surface area contributed by atoms with E-state index in [-0.39, 0.29) is 0 Å². The molecule has 0 saturated carbocycles.